The number of fused-ring (bicyclic) bond motifs is 2. The quantitative estimate of drug-likeness (QED) is 0.596. The molecule has 5 rings (SSSR count). The molecule has 0 radical (unpaired) electrons. The number of carbonyl (C=O) groups excluding carboxylic acids is 3. The van der Waals surface area contributed by atoms with E-state index in [2.05, 4.69) is 5.32 Å². The molecule has 178 valence electrons. The molecule has 7 nitrogen and oxygen atoms in total. The second kappa shape index (κ2) is 9.62. The predicted octanol–water partition coefficient (Wildman–Crippen LogP) is 3.78. The van der Waals surface area contributed by atoms with Crippen molar-refractivity contribution in [1.29, 1.82) is 0 Å². The third kappa shape index (κ3) is 4.49. The number of amides is 3. The van der Waals surface area contributed by atoms with E-state index in [1.54, 1.807) is 35.1 Å². The number of nitrogens with zero attached hydrogens (tertiary/aromatic N) is 2. The normalized spacial score (nSPS) is 17.0. The zero-order valence-corrected chi connectivity index (χ0v) is 19.6. The van der Waals surface area contributed by atoms with Gasteiger partial charge in [0, 0.05) is 18.7 Å². The summed E-state index contributed by atoms with van der Waals surface area (Å²) in [6.45, 7) is 1.36. The highest BCUT2D eigenvalue weighted by Gasteiger charge is 2.41. The predicted molar refractivity (Wildman–Crippen MR) is 132 cm³/mol. The Morgan fingerprint density at radius 3 is 2.43 bits per heavy atom. The Morgan fingerprint density at radius 1 is 0.971 bits per heavy atom. The summed E-state index contributed by atoms with van der Waals surface area (Å²) in [6.07, 6.45) is 1.51. The number of ether oxygens (including phenoxy) is 1. The van der Waals surface area contributed by atoms with Crippen molar-refractivity contribution in [2.24, 2.45) is 0 Å². The number of hydrogen-bond acceptors (Lipinski definition) is 4. The number of hydrogen-bond donors (Lipinski definition) is 1. The van der Waals surface area contributed by atoms with Crippen molar-refractivity contribution in [3.05, 3.63) is 95.1 Å². The number of anilines is 1. The first-order valence-corrected chi connectivity index (χ1v) is 11.8. The van der Waals surface area contributed by atoms with Crippen LogP contribution in [-0.4, -0.2) is 42.3 Å². The van der Waals surface area contributed by atoms with E-state index in [0.717, 1.165) is 23.3 Å². The van der Waals surface area contributed by atoms with Crippen molar-refractivity contribution in [2.45, 2.75) is 32.0 Å². The van der Waals surface area contributed by atoms with Gasteiger partial charge >= 0.3 is 0 Å². The molecule has 1 fully saturated rings. The van der Waals surface area contributed by atoms with Gasteiger partial charge in [-0.25, -0.2) is 0 Å². The Balaban J connectivity index is 1.30. The van der Waals surface area contributed by atoms with Crippen LogP contribution in [0.2, 0.25) is 0 Å². The van der Waals surface area contributed by atoms with Gasteiger partial charge in [-0.1, -0.05) is 36.4 Å². The topological polar surface area (TPSA) is 79.0 Å². The molecule has 1 N–H and O–H groups in total. The van der Waals surface area contributed by atoms with Crippen LogP contribution in [0.1, 0.15) is 44.7 Å². The fraction of sp³-hybridized carbons (Fsp3) is 0.250. The average molecular weight is 470 g/mol. The van der Waals surface area contributed by atoms with Crippen LogP contribution in [0.15, 0.2) is 72.8 Å². The van der Waals surface area contributed by atoms with Crippen LogP contribution in [0.3, 0.4) is 0 Å². The lowest BCUT2D eigenvalue weighted by molar-refractivity contribution is -0.122. The highest BCUT2D eigenvalue weighted by atomic mass is 16.5. The molecular formula is C28H27N3O4. The number of rotatable bonds is 6. The van der Waals surface area contributed by atoms with E-state index in [4.69, 9.17) is 4.74 Å². The van der Waals surface area contributed by atoms with E-state index >= 15 is 0 Å². The van der Waals surface area contributed by atoms with Gasteiger partial charge in [-0.05, 0) is 60.4 Å². The molecule has 2 heterocycles. The lowest BCUT2D eigenvalue weighted by Crippen LogP contribution is -2.44. The number of nitrogens with one attached hydrogen (secondary N) is 1. The minimum Gasteiger partial charge on any atom is -0.497 e. The molecule has 3 aromatic carbocycles. The van der Waals surface area contributed by atoms with Gasteiger partial charge in [0.25, 0.3) is 11.8 Å². The molecule has 7 heteroatoms. The largest absolute Gasteiger partial charge is 0.497 e. The van der Waals surface area contributed by atoms with Crippen molar-refractivity contribution in [2.75, 3.05) is 18.6 Å². The Hall–Kier alpha value is -4.13. The summed E-state index contributed by atoms with van der Waals surface area (Å²) in [6, 6.07) is 21.7. The Bertz CT molecular complexity index is 1250. The van der Waals surface area contributed by atoms with Crippen LogP contribution in [0.5, 0.6) is 5.75 Å². The molecule has 1 saturated heterocycles. The van der Waals surface area contributed by atoms with Crippen molar-refractivity contribution in [1.82, 2.24) is 10.2 Å². The van der Waals surface area contributed by atoms with Crippen molar-refractivity contribution < 1.29 is 19.1 Å². The molecule has 0 saturated carbocycles. The van der Waals surface area contributed by atoms with Gasteiger partial charge in [-0.3, -0.25) is 14.4 Å². The average Bonchev–Trinajstić information content (AvgIpc) is 3.38. The van der Waals surface area contributed by atoms with Gasteiger partial charge in [-0.2, -0.15) is 0 Å². The minimum absolute atomic E-state index is 0.0536. The summed E-state index contributed by atoms with van der Waals surface area (Å²) in [7, 11) is 1.62. The first-order valence-electron chi connectivity index (χ1n) is 11.8. The minimum atomic E-state index is -0.419. The summed E-state index contributed by atoms with van der Waals surface area (Å²) >= 11 is 0. The number of carbonyl (C=O) groups is 3. The molecule has 35 heavy (non-hydrogen) atoms. The zero-order valence-electron chi connectivity index (χ0n) is 19.6. The Labute approximate surface area is 204 Å². The Morgan fingerprint density at radius 2 is 1.69 bits per heavy atom. The first-order chi connectivity index (χ1) is 17.0. The van der Waals surface area contributed by atoms with E-state index < -0.39 is 6.04 Å². The van der Waals surface area contributed by atoms with Gasteiger partial charge in [0.05, 0.1) is 24.9 Å². The van der Waals surface area contributed by atoms with Gasteiger partial charge in [-0.15, -0.1) is 0 Å². The molecule has 1 atom stereocenters. The van der Waals surface area contributed by atoms with Crippen molar-refractivity contribution in [3.8, 4) is 5.75 Å². The van der Waals surface area contributed by atoms with Crippen LogP contribution < -0.4 is 15.0 Å². The highest BCUT2D eigenvalue weighted by Crippen LogP contribution is 2.33. The van der Waals surface area contributed by atoms with Crippen LogP contribution >= 0.6 is 0 Å². The Kier molecular flexibility index (Phi) is 6.23. The van der Waals surface area contributed by atoms with Crippen LogP contribution in [-0.2, 0) is 17.9 Å². The lowest BCUT2D eigenvalue weighted by Gasteiger charge is -2.26. The fourth-order valence-corrected chi connectivity index (χ4v) is 4.74. The summed E-state index contributed by atoms with van der Waals surface area (Å²) < 4.78 is 5.16. The summed E-state index contributed by atoms with van der Waals surface area (Å²) in [5, 5.41) is 2.92. The van der Waals surface area contributed by atoms with Gasteiger partial charge < -0.3 is 19.9 Å². The second-order valence-electron chi connectivity index (χ2n) is 8.83. The van der Waals surface area contributed by atoms with Crippen LogP contribution in [0.4, 0.5) is 5.69 Å². The molecule has 0 spiro atoms. The van der Waals surface area contributed by atoms with E-state index in [1.807, 2.05) is 54.6 Å². The van der Waals surface area contributed by atoms with Crippen LogP contribution in [0.25, 0.3) is 0 Å². The zero-order chi connectivity index (χ0) is 24.4. The van der Waals surface area contributed by atoms with Crippen molar-refractivity contribution in [3.63, 3.8) is 0 Å². The second-order valence-corrected chi connectivity index (χ2v) is 8.83. The molecule has 1 unspecified atom stereocenters. The third-order valence-electron chi connectivity index (χ3n) is 6.66. The van der Waals surface area contributed by atoms with Gasteiger partial charge in [0.2, 0.25) is 5.91 Å². The summed E-state index contributed by atoms with van der Waals surface area (Å²) in [4.78, 5) is 42.5. The maximum Gasteiger partial charge on any atom is 0.256 e. The third-order valence-corrected chi connectivity index (χ3v) is 6.66. The summed E-state index contributed by atoms with van der Waals surface area (Å²) in [5.74, 6) is 0.465. The maximum atomic E-state index is 13.4. The number of benzene rings is 3. The van der Waals surface area contributed by atoms with Gasteiger partial charge in [0.15, 0.2) is 0 Å². The number of methoxy groups -OCH3 is 1. The number of para-hydroxylation sites is 1. The van der Waals surface area contributed by atoms with E-state index in [-0.39, 0.29) is 17.7 Å². The monoisotopic (exact) mass is 469 g/mol. The van der Waals surface area contributed by atoms with Crippen molar-refractivity contribution >= 4 is 23.4 Å². The molecule has 3 aromatic rings. The van der Waals surface area contributed by atoms with Gasteiger partial charge in [0.1, 0.15) is 11.8 Å². The standard InChI is InChI=1S/C28H27N3O4/c1-35-22-14-10-19(11-15-22)17-29-26(32)21-12-8-20(9-13-21)18-31-24-6-3-2-5-23(24)27(33)30-16-4-7-25(30)28(31)34/h2-3,5-6,8-15,25H,4,7,16-18H2,1H3,(H,29,32). The van der Waals surface area contributed by atoms with E-state index in [0.29, 0.717) is 42.9 Å². The summed E-state index contributed by atoms with van der Waals surface area (Å²) in [5.41, 5.74) is 3.60. The fourth-order valence-electron chi connectivity index (χ4n) is 4.74. The molecule has 2 aliphatic rings. The molecule has 3 amide bonds. The highest BCUT2D eigenvalue weighted by molar-refractivity contribution is 6.11. The maximum absolute atomic E-state index is 13.4. The molecular weight excluding hydrogens is 442 g/mol. The smallest absolute Gasteiger partial charge is 0.256 e. The van der Waals surface area contributed by atoms with Crippen LogP contribution in [0, 0.1) is 0 Å². The SMILES string of the molecule is COc1ccc(CNC(=O)c2ccc(CN3C(=O)C4CCCN4C(=O)c4ccccc43)cc2)cc1. The molecule has 2 aliphatic heterocycles. The van der Waals surface area contributed by atoms with E-state index in [9.17, 15) is 14.4 Å². The molecule has 0 aliphatic carbocycles. The first kappa shape index (κ1) is 22.7. The lowest BCUT2D eigenvalue weighted by atomic mass is 10.1. The molecule has 0 bridgehead atoms. The molecule has 0 aromatic heterocycles. The van der Waals surface area contributed by atoms with E-state index in [1.165, 1.54) is 0 Å².